The molecule has 0 aromatic rings. The van der Waals surface area contributed by atoms with Crippen molar-refractivity contribution in [3.8, 4) is 0 Å². The van der Waals surface area contributed by atoms with Gasteiger partial charge in [-0.05, 0) is 20.3 Å². The summed E-state index contributed by atoms with van der Waals surface area (Å²) in [6, 6.07) is 0. The zero-order chi connectivity index (χ0) is 10.9. The second-order valence-corrected chi connectivity index (χ2v) is 4.80. The molecule has 0 saturated heterocycles. The van der Waals surface area contributed by atoms with Crippen molar-refractivity contribution in [2.75, 3.05) is 13.2 Å². The molecule has 0 fully saturated rings. The average molecular weight is 220 g/mol. The van der Waals surface area contributed by atoms with E-state index in [0.29, 0.717) is 13.2 Å². The highest BCUT2D eigenvalue weighted by Crippen LogP contribution is 2.49. The summed E-state index contributed by atoms with van der Waals surface area (Å²) in [6.07, 6.45) is 5.06. The van der Waals surface area contributed by atoms with E-state index < -0.39 is 7.60 Å². The Balaban J connectivity index is 4.07. The maximum atomic E-state index is 11.8. The molecule has 0 amide bonds. The highest BCUT2D eigenvalue weighted by molar-refractivity contribution is 7.57. The van der Waals surface area contributed by atoms with E-state index in [1.165, 1.54) is 0 Å². The van der Waals surface area contributed by atoms with Gasteiger partial charge in [0.15, 0.2) is 0 Å². The number of hydrogen-bond acceptors (Lipinski definition) is 3. The lowest BCUT2D eigenvalue weighted by Crippen LogP contribution is -1.92. The van der Waals surface area contributed by atoms with E-state index >= 15 is 0 Å². The second kappa shape index (κ2) is 8.22. The number of allylic oxidation sites excluding steroid dienone is 1. The third-order valence-electron chi connectivity index (χ3n) is 1.63. The van der Waals surface area contributed by atoms with Crippen LogP contribution in [0.4, 0.5) is 0 Å². The topological polar surface area (TPSA) is 35.5 Å². The molecule has 0 spiro atoms. The minimum Gasteiger partial charge on any atom is -0.306 e. The average Bonchev–Trinajstić information content (AvgIpc) is 2.13. The van der Waals surface area contributed by atoms with Crippen LogP contribution in [-0.2, 0) is 13.6 Å². The summed E-state index contributed by atoms with van der Waals surface area (Å²) in [5.41, 5.74) is 0. The minimum absolute atomic E-state index is 0.412. The van der Waals surface area contributed by atoms with E-state index in [1.807, 2.05) is 19.9 Å². The molecule has 0 aliphatic rings. The van der Waals surface area contributed by atoms with E-state index in [1.54, 1.807) is 5.82 Å². The summed E-state index contributed by atoms with van der Waals surface area (Å²) in [7, 11) is -2.94. The monoisotopic (exact) mass is 220 g/mol. The van der Waals surface area contributed by atoms with Gasteiger partial charge in [0.25, 0.3) is 0 Å². The predicted molar refractivity (Wildman–Crippen MR) is 59.5 cm³/mol. The normalized spacial score (nSPS) is 12.5. The summed E-state index contributed by atoms with van der Waals surface area (Å²) >= 11 is 0. The van der Waals surface area contributed by atoms with Crippen molar-refractivity contribution < 1.29 is 13.6 Å². The van der Waals surface area contributed by atoms with Gasteiger partial charge in [-0.25, -0.2) is 0 Å². The molecule has 3 nitrogen and oxygen atoms in total. The van der Waals surface area contributed by atoms with E-state index in [0.717, 1.165) is 19.3 Å². The number of unbranched alkanes of at least 4 members (excludes halogenated alkanes) is 2. The van der Waals surface area contributed by atoms with Crippen LogP contribution in [0.2, 0.25) is 0 Å². The molecule has 0 atom stereocenters. The first kappa shape index (κ1) is 13.9. The lowest BCUT2D eigenvalue weighted by Gasteiger charge is -2.12. The Kier molecular flexibility index (Phi) is 8.15. The van der Waals surface area contributed by atoms with Crippen LogP contribution >= 0.6 is 7.60 Å². The van der Waals surface area contributed by atoms with Gasteiger partial charge in [-0.15, -0.1) is 0 Å². The van der Waals surface area contributed by atoms with Crippen LogP contribution in [0.25, 0.3) is 0 Å². The quantitative estimate of drug-likeness (QED) is 0.459. The zero-order valence-corrected chi connectivity index (χ0v) is 10.3. The van der Waals surface area contributed by atoms with Crippen LogP contribution in [-0.4, -0.2) is 13.2 Å². The van der Waals surface area contributed by atoms with Crippen LogP contribution in [0.15, 0.2) is 11.9 Å². The Morgan fingerprint density at radius 2 is 1.71 bits per heavy atom. The standard InChI is InChI=1S/C10H21O3P/c1-4-7-8-9-10-14(11,12-5-2)13-6-3/h9-10H,4-8H2,1-3H3/b10-9-. The maximum absolute atomic E-state index is 11.8. The van der Waals surface area contributed by atoms with Crippen LogP contribution < -0.4 is 0 Å². The smallest absolute Gasteiger partial charge is 0.306 e. The van der Waals surface area contributed by atoms with Gasteiger partial charge in [-0.2, -0.15) is 0 Å². The van der Waals surface area contributed by atoms with Crippen molar-refractivity contribution in [3.63, 3.8) is 0 Å². The molecule has 0 saturated carbocycles. The first-order valence-electron chi connectivity index (χ1n) is 5.25. The molecular formula is C10H21O3P. The molecule has 84 valence electrons. The third kappa shape index (κ3) is 6.36. The van der Waals surface area contributed by atoms with Gasteiger partial charge in [0, 0.05) is 5.82 Å². The van der Waals surface area contributed by atoms with Crippen LogP contribution in [0.3, 0.4) is 0 Å². The Labute approximate surface area is 87.0 Å². The van der Waals surface area contributed by atoms with Gasteiger partial charge >= 0.3 is 7.60 Å². The molecule has 0 unspecified atom stereocenters. The molecule has 0 heterocycles. The molecule has 0 aromatic carbocycles. The van der Waals surface area contributed by atoms with Crippen LogP contribution in [0.1, 0.15) is 40.0 Å². The van der Waals surface area contributed by atoms with Gasteiger partial charge in [0.1, 0.15) is 0 Å². The summed E-state index contributed by atoms with van der Waals surface area (Å²) in [6.45, 7) is 6.57. The maximum Gasteiger partial charge on any atom is 0.353 e. The van der Waals surface area contributed by atoms with Crippen molar-refractivity contribution in [3.05, 3.63) is 11.9 Å². The summed E-state index contributed by atoms with van der Waals surface area (Å²) < 4.78 is 22.0. The molecule has 0 aromatic heterocycles. The van der Waals surface area contributed by atoms with Gasteiger partial charge in [0.05, 0.1) is 13.2 Å². The molecule has 0 aliphatic carbocycles. The molecule has 0 rings (SSSR count). The van der Waals surface area contributed by atoms with Gasteiger partial charge < -0.3 is 9.05 Å². The third-order valence-corrected chi connectivity index (χ3v) is 3.44. The molecule has 0 N–H and O–H groups in total. The molecule has 14 heavy (non-hydrogen) atoms. The summed E-state index contributed by atoms with van der Waals surface area (Å²) in [4.78, 5) is 0. The first-order chi connectivity index (χ1) is 6.68. The number of hydrogen-bond donors (Lipinski definition) is 0. The Morgan fingerprint density at radius 1 is 1.14 bits per heavy atom. The largest absolute Gasteiger partial charge is 0.353 e. The minimum atomic E-state index is -2.94. The van der Waals surface area contributed by atoms with Crippen molar-refractivity contribution in [1.29, 1.82) is 0 Å². The number of rotatable bonds is 8. The van der Waals surface area contributed by atoms with Crippen molar-refractivity contribution in [1.82, 2.24) is 0 Å². The summed E-state index contributed by atoms with van der Waals surface area (Å²) in [5, 5.41) is 0. The van der Waals surface area contributed by atoms with E-state index in [2.05, 4.69) is 6.92 Å². The predicted octanol–water partition coefficient (Wildman–Crippen LogP) is 3.96. The van der Waals surface area contributed by atoms with Gasteiger partial charge in [-0.1, -0.05) is 25.8 Å². The van der Waals surface area contributed by atoms with E-state index in [-0.39, 0.29) is 0 Å². The fraction of sp³-hybridized carbons (Fsp3) is 0.800. The van der Waals surface area contributed by atoms with E-state index in [9.17, 15) is 4.57 Å². The summed E-state index contributed by atoms with van der Waals surface area (Å²) in [5.74, 6) is 1.58. The van der Waals surface area contributed by atoms with Gasteiger partial charge in [-0.3, -0.25) is 4.57 Å². The molecule has 0 aliphatic heterocycles. The van der Waals surface area contributed by atoms with Crippen LogP contribution in [0, 0.1) is 0 Å². The first-order valence-corrected chi connectivity index (χ1v) is 6.86. The highest BCUT2D eigenvalue weighted by atomic mass is 31.2. The molecule has 4 heteroatoms. The van der Waals surface area contributed by atoms with Crippen molar-refractivity contribution in [2.24, 2.45) is 0 Å². The SMILES string of the molecule is CCCC/C=C\P(=O)(OCC)OCC. The Bertz CT molecular complexity index is 192. The molecular weight excluding hydrogens is 199 g/mol. The second-order valence-electron chi connectivity index (χ2n) is 2.90. The lowest BCUT2D eigenvalue weighted by molar-refractivity contribution is 0.229. The van der Waals surface area contributed by atoms with Crippen molar-refractivity contribution in [2.45, 2.75) is 40.0 Å². The lowest BCUT2D eigenvalue weighted by atomic mass is 10.2. The van der Waals surface area contributed by atoms with E-state index in [4.69, 9.17) is 9.05 Å². The fourth-order valence-electron chi connectivity index (χ4n) is 1.01. The fourth-order valence-corrected chi connectivity index (χ4v) is 2.38. The zero-order valence-electron chi connectivity index (χ0n) is 9.36. The van der Waals surface area contributed by atoms with Gasteiger partial charge in [0.2, 0.25) is 0 Å². The molecule has 0 radical (unpaired) electrons. The Morgan fingerprint density at radius 3 is 2.14 bits per heavy atom. The van der Waals surface area contributed by atoms with Crippen molar-refractivity contribution >= 4 is 7.60 Å². The Hall–Kier alpha value is -0.110. The molecule has 0 bridgehead atoms. The van der Waals surface area contributed by atoms with Crippen LogP contribution in [0.5, 0.6) is 0 Å². The highest BCUT2D eigenvalue weighted by Gasteiger charge is 2.18.